The van der Waals surface area contributed by atoms with E-state index in [0.29, 0.717) is 0 Å². The number of amides is 1. The molecular formula is C12H19N3O2S. The molecule has 0 unspecified atom stereocenters. The number of thioether (sulfide) groups is 1. The van der Waals surface area contributed by atoms with Crippen LogP contribution in [0.4, 0.5) is 0 Å². The second-order valence-electron chi connectivity index (χ2n) is 4.70. The first-order valence-corrected chi connectivity index (χ1v) is 7.12. The molecule has 2 aliphatic rings. The zero-order valence-electron chi connectivity index (χ0n) is 10.6. The van der Waals surface area contributed by atoms with E-state index in [-0.39, 0.29) is 17.9 Å². The van der Waals surface area contributed by atoms with Crippen molar-refractivity contribution in [3.63, 3.8) is 0 Å². The van der Waals surface area contributed by atoms with Crippen molar-refractivity contribution >= 4 is 24.0 Å². The van der Waals surface area contributed by atoms with Crippen LogP contribution in [-0.2, 0) is 4.79 Å². The van der Waals surface area contributed by atoms with Gasteiger partial charge in [0.05, 0.1) is 24.4 Å². The summed E-state index contributed by atoms with van der Waals surface area (Å²) in [4.78, 5) is 15.0. The van der Waals surface area contributed by atoms with Crippen LogP contribution in [0.2, 0.25) is 0 Å². The van der Waals surface area contributed by atoms with Gasteiger partial charge in [-0.25, -0.2) is 0 Å². The first-order valence-electron chi connectivity index (χ1n) is 6.14. The van der Waals surface area contributed by atoms with Gasteiger partial charge in [0, 0.05) is 29.3 Å². The van der Waals surface area contributed by atoms with Gasteiger partial charge < -0.3 is 15.3 Å². The summed E-state index contributed by atoms with van der Waals surface area (Å²) in [5, 5.41) is 19.3. The number of nitrogens with one attached hydrogen (secondary N) is 2. The smallest absolute Gasteiger partial charge is 0.234 e. The van der Waals surface area contributed by atoms with Gasteiger partial charge in [-0.3, -0.25) is 10.2 Å². The third-order valence-corrected chi connectivity index (χ3v) is 4.79. The van der Waals surface area contributed by atoms with E-state index >= 15 is 0 Å². The number of fused-ring (bicyclic) bond motifs is 1. The standard InChI is InChI=1S/C12H19N3O2S/c1-7-10(18-4-3-14-6-13)5-9-11(8(2)16)12(17)15(7)9/h6,8-9,11,16H,3-5H2,1-2H3,(H2,13,14)/t8-,9-,11-/m1/s1. The molecule has 1 fully saturated rings. The van der Waals surface area contributed by atoms with E-state index in [4.69, 9.17) is 5.41 Å². The van der Waals surface area contributed by atoms with Crippen LogP contribution in [-0.4, -0.2) is 46.7 Å². The van der Waals surface area contributed by atoms with Crippen LogP contribution in [0.25, 0.3) is 0 Å². The summed E-state index contributed by atoms with van der Waals surface area (Å²) in [6.45, 7) is 4.42. The molecule has 1 saturated heterocycles. The Labute approximate surface area is 111 Å². The topological polar surface area (TPSA) is 76.4 Å². The first kappa shape index (κ1) is 13.4. The number of allylic oxidation sites excluding steroid dienone is 1. The summed E-state index contributed by atoms with van der Waals surface area (Å²) in [5.41, 5.74) is 1.04. The lowest BCUT2D eigenvalue weighted by atomic mass is 9.83. The molecule has 0 spiro atoms. The zero-order valence-corrected chi connectivity index (χ0v) is 11.5. The van der Waals surface area contributed by atoms with Crippen molar-refractivity contribution < 1.29 is 9.90 Å². The van der Waals surface area contributed by atoms with Crippen LogP contribution in [0.15, 0.2) is 10.6 Å². The summed E-state index contributed by atoms with van der Waals surface area (Å²) in [6, 6.07) is 0.163. The summed E-state index contributed by atoms with van der Waals surface area (Å²) in [5.74, 6) is 0.717. The summed E-state index contributed by atoms with van der Waals surface area (Å²) in [7, 11) is 0. The van der Waals surface area contributed by atoms with Crippen molar-refractivity contribution in [3.05, 3.63) is 10.6 Å². The number of carbonyl (C=O) groups is 1. The Kier molecular flexibility index (Phi) is 3.97. The molecule has 2 heterocycles. The van der Waals surface area contributed by atoms with Gasteiger partial charge in [-0.1, -0.05) is 0 Å². The molecule has 6 heteroatoms. The molecular weight excluding hydrogens is 250 g/mol. The predicted octanol–water partition coefficient (Wildman–Crippen LogP) is 0.759. The lowest BCUT2D eigenvalue weighted by Crippen LogP contribution is -2.60. The Hall–Kier alpha value is -1.01. The van der Waals surface area contributed by atoms with Crippen molar-refractivity contribution in [2.45, 2.75) is 32.4 Å². The molecule has 3 N–H and O–H groups in total. The molecule has 2 aliphatic heterocycles. The maximum Gasteiger partial charge on any atom is 0.234 e. The number of rotatable bonds is 6. The van der Waals surface area contributed by atoms with Crippen molar-refractivity contribution in [2.24, 2.45) is 5.92 Å². The highest BCUT2D eigenvalue weighted by Crippen LogP contribution is 2.46. The van der Waals surface area contributed by atoms with Crippen LogP contribution >= 0.6 is 11.8 Å². The number of hydrogen-bond acceptors (Lipinski definition) is 4. The number of aliphatic hydroxyl groups excluding tert-OH is 1. The minimum atomic E-state index is -0.560. The molecule has 100 valence electrons. The van der Waals surface area contributed by atoms with Crippen LogP contribution in [0.5, 0.6) is 0 Å². The Balaban J connectivity index is 1.93. The number of aliphatic hydroxyl groups is 1. The quantitative estimate of drug-likeness (QED) is 0.288. The minimum Gasteiger partial charge on any atom is -0.393 e. The monoisotopic (exact) mass is 269 g/mol. The van der Waals surface area contributed by atoms with E-state index in [0.717, 1.165) is 24.4 Å². The normalized spacial score (nSPS) is 27.9. The average molecular weight is 269 g/mol. The van der Waals surface area contributed by atoms with Crippen molar-refractivity contribution in [1.82, 2.24) is 10.2 Å². The highest BCUT2D eigenvalue weighted by molar-refractivity contribution is 8.03. The summed E-state index contributed by atoms with van der Waals surface area (Å²) in [6.07, 6.45) is 1.49. The highest BCUT2D eigenvalue weighted by atomic mass is 32.2. The van der Waals surface area contributed by atoms with Crippen LogP contribution < -0.4 is 5.32 Å². The molecule has 0 aromatic heterocycles. The summed E-state index contributed by atoms with van der Waals surface area (Å²) >= 11 is 1.73. The van der Waals surface area contributed by atoms with E-state index in [1.165, 1.54) is 11.2 Å². The van der Waals surface area contributed by atoms with Crippen molar-refractivity contribution in [2.75, 3.05) is 12.3 Å². The fourth-order valence-electron chi connectivity index (χ4n) is 2.67. The predicted molar refractivity (Wildman–Crippen MR) is 72.4 cm³/mol. The van der Waals surface area contributed by atoms with E-state index in [1.54, 1.807) is 18.7 Å². The fourth-order valence-corrected chi connectivity index (χ4v) is 3.73. The number of hydrogen-bond donors (Lipinski definition) is 3. The molecule has 3 atom stereocenters. The van der Waals surface area contributed by atoms with Gasteiger partial charge in [0.15, 0.2) is 0 Å². The average Bonchev–Trinajstić information content (AvgIpc) is 2.57. The second-order valence-corrected chi connectivity index (χ2v) is 5.89. The molecule has 0 bridgehead atoms. The van der Waals surface area contributed by atoms with Crippen LogP contribution in [0, 0.1) is 11.3 Å². The first-order chi connectivity index (χ1) is 8.57. The molecule has 5 nitrogen and oxygen atoms in total. The lowest BCUT2D eigenvalue weighted by molar-refractivity contribution is -0.157. The third-order valence-electron chi connectivity index (χ3n) is 3.57. The molecule has 0 radical (unpaired) electrons. The van der Waals surface area contributed by atoms with Gasteiger partial charge in [-0.2, -0.15) is 0 Å². The molecule has 0 aromatic rings. The van der Waals surface area contributed by atoms with Gasteiger partial charge in [0.25, 0.3) is 0 Å². The molecule has 0 aliphatic carbocycles. The largest absolute Gasteiger partial charge is 0.393 e. The second kappa shape index (κ2) is 5.32. The van der Waals surface area contributed by atoms with Gasteiger partial charge in [0.2, 0.25) is 5.91 Å². The van der Waals surface area contributed by atoms with E-state index < -0.39 is 6.10 Å². The molecule has 0 saturated carbocycles. The Bertz CT molecular complexity index is 395. The molecule has 1 amide bonds. The summed E-state index contributed by atoms with van der Waals surface area (Å²) < 4.78 is 0. The zero-order chi connectivity index (χ0) is 13.3. The van der Waals surface area contributed by atoms with E-state index in [1.807, 2.05) is 11.8 Å². The fraction of sp³-hybridized carbons (Fsp3) is 0.667. The van der Waals surface area contributed by atoms with E-state index in [2.05, 4.69) is 5.32 Å². The molecule has 18 heavy (non-hydrogen) atoms. The van der Waals surface area contributed by atoms with Gasteiger partial charge in [-0.15, -0.1) is 11.8 Å². The van der Waals surface area contributed by atoms with Gasteiger partial charge >= 0.3 is 0 Å². The highest BCUT2D eigenvalue weighted by Gasteiger charge is 2.53. The van der Waals surface area contributed by atoms with Crippen LogP contribution in [0.1, 0.15) is 20.3 Å². The number of β-lactam (4-membered cyclic amide) rings is 1. The van der Waals surface area contributed by atoms with Crippen molar-refractivity contribution in [3.8, 4) is 0 Å². The number of carbonyl (C=O) groups excluding carboxylic acids is 1. The number of nitrogens with zero attached hydrogens (tertiary/aromatic N) is 1. The van der Waals surface area contributed by atoms with Crippen molar-refractivity contribution in [1.29, 1.82) is 5.41 Å². The van der Waals surface area contributed by atoms with Crippen LogP contribution in [0.3, 0.4) is 0 Å². The third kappa shape index (κ3) is 2.14. The Morgan fingerprint density at radius 3 is 3.06 bits per heavy atom. The Morgan fingerprint density at radius 2 is 2.44 bits per heavy atom. The molecule has 2 rings (SSSR count). The lowest BCUT2D eigenvalue weighted by Gasteiger charge is -2.45. The maximum absolute atomic E-state index is 11.9. The minimum absolute atomic E-state index is 0.0562. The van der Waals surface area contributed by atoms with E-state index in [9.17, 15) is 9.90 Å². The van der Waals surface area contributed by atoms with Gasteiger partial charge in [-0.05, 0) is 13.8 Å². The Morgan fingerprint density at radius 1 is 1.72 bits per heavy atom. The molecule has 0 aromatic carbocycles. The SMILES string of the molecule is CC1=C(SCCNC=N)C[C@@H]2[C@@H]([C@@H](C)O)C(=O)N12. The maximum atomic E-state index is 11.9. The van der Waals surface area contributed by atoms with Gasteiger partial charge in [0.1, 0.15) is 0 Å².